The Morgan fingerprint density at radius 3 is 2.31 bits per heavy atom. The van der Waals surface area contributed by atoms with Crippen LogP contribution >= 0.6 is 11.6 Å². The molecule has 1 heterocycles. The number of carbonyl (C=O) groups is 3. The smallest absolute Gasteiger partial charge is 0.374 e. The van der Waals surface area contributed by atoms with Gasteiger partial charge in [-0.3, -0.25) is 9.59 Å². The highest BCUT2D eigenvalue weighted by atomic mass is 35.5. The number of rotatable bonds is 7. The Labute approximate surface area is 172 Å². The van der Waals surface area contributed by atoms with Crippen LogP contribution in [0.4, 0.5) is 0 Å². The summed E-state index contributed by atoms with van der Waals surface area (Å²) in [7, 11) is 0. The SMILES string of the molecule is CC(=O)c1ccc(-c2ccc(C(=O)OCC(=O)NCc3ccc(Cl)cc3)o2)cc1. The van der Waals surface area contributed by atoms with Gasteiger partial charge in [0.1, 0.15) is 5.76 Å². The zero-order valence-electron chi connectivity index (χ0n) is 15.6. The maximum atomic E-state index is 12.1. The lowest BCUT2D eigenvalue weighted by atomic mass is 10.1. The van der Waals surface area contributed by atoms with Crippen LogP contribution in [0.2, 0.25) is 5.02 Å². The van der Waals surface area contributed by atoms with Crippen molar-refractivity contribution in [1.29, 1.82) is 0 Å². The number of hydrogen-bond acceptors (Lipinski definition) is 5. The molecule has 0 unspecified atom stereocenters. The maximum Gasteiger partial charge on any atom is 0.374 e. The van der Waals surface area contributed by atoms with Crippen molar-refractivity contribution in [3.8, 4) is 11.3 Å². The van der Waals surface area contributed by atoms with Gasteiger partial charge in [-0.2, -0.15) is 0 Å². The number of carbonyl (C=O) groups excluding carboxylic acids is 3. The summed E-state index contributed by atoms with van der Waals surface area (Å²) in [6.45, 7) is 1.37. The van der Waals surface area contributed by atoms with Crippen LogP contribution in [0.1, 0.15) is 33.4 Å². The highest BCUT2D eigenvalue weighted by molar-refractivity contribution is 6.30. The van der Waals surface area contributed by atoms with Gasteiger partial charge in [0.05, 0.1) is 0 Å². The molecule has 1 aromatic heterocycles. The van der Waals surface area contributed by atoms with Gasteiger partial charge in [-0.25, -0.2) is 4.79 Å². The Morgan fingerprint density at radius 1 is 0.966 bits per heavy atom. The van der Waals surface area contributed by atoms with Crippen LogP contribution in [0.3, 0.4) is 0 Å². The third kappa shape index (κ3) is 5.56. The normalized spacial score (nSPS) is 10.4. The van der Waals surface area contributed by atoms with Gasteiger partial charge in [0.25, 0.3) is 5.91 Å². The molecule has 3 aromatic rings. The summed E-state index contributed by atoms with van der Waals surface area (Å²) in [4.78, 5) is 35.3. The van der Waals surface area contributed by atoms with Crippen molar-refractivity contribution in [3.63, 3.8) is 0 Å². The van der Waals surface area contributed by atoms with Crippen molar-refractivity contribution in [2.24, 2.45) is 0 Å². The minimum atomic E-state index is -0.738. The second kappa shape index (κ2) is 9.21. The van der Waals surface area contributed by atoms with E-state index in [1.807, 2.05) is 0 Å². The molecule has 0 fully saturated rings. The van der Waals surface area contributed by atoms with Crippen LogP contribution in [0, 0.1) is 0 Å². The van der Waals surface area contributed by atoms with Crippen molar-refractivity contribution >= 4 is 29.3 Å². The maximum absolute atomic E-state index is 12.1. The van der Waals surface area contributed by atoms with Gasteiger partial charge < -0.3 is 14.5 Å². The molecule has 29 heavy (non-hydrogen) atoms. The molecule has 0 aliphatic carbocycles. The summed E-state index contributed by atoms with van der Waals surface area (Å²) in [5.41, 5.74) is 2.18. The number of halogens is 1. The molecular weight excluding hydrogens is 394 g/mol. The van der Waals surface area contributed by atoms with Crippen molar-refractivity contribution in [2.75, 3.05) is 6.61 Å². The van der Waals surface area contributed by atoms with Gasteiger partial charge in [0, 0.05) is 22.7 Å². The number of amides is 1. The van der Waals surface area contributed by atoms with E-state index in [9.17, 15) is 14.4 Å². The number of Topliss-reactive ketones (excluding diaryl/α,β-unsaturated/α-hetero) is 1. The van der Waals surface area contributed by atoms with Crippen LogP contribution < -0.4 is 5.32 Å². The Balaban J connectivity index is 1.51. The van der Waals surface area contributed by atoms with Crippen LogP contribution in [-0.2, 0) is 16.1 Å². The number of benzene rings is 2. The fourth-order valence-corrected chi connectivity index (χ4v) is 2.65. The molecule has 0 bridgehead atoms. The first-order chi connectivity index (χ1) is 13.9. The Morgan fingerprint density at radius 2 is 1.66 bits per heavy atom. The summed E-state index contributed by atoms with van der Waals surface area (Å²) in [6, 6.07) is 17.0. The minimum absolute atomic E-state index is 0.0128. The Bertz CT molecular complexity index is 1020. The average molecular weight is 412 g/mol. The second-order valence-corrected chi connectivity index (χ2v) is 6.71. The molecule has 0 spiro atoms. The van der Waals surface area contributed by atoms with E-state index >= 15 is 0 Å². The van der Waals surface area contributed by atoms with E-state index in [4.69, 9.17) is 20.8 Å². The molecule has 148 valence electrons. The minimum Gasteiger partial charge on any atom is -0.450 e. The molecule has 0 saturated carbocycles. The summed E-state index contributed by atoms with van der Waals surface area (Å²) in [6.07, 6.45) is 0. The predicted octanol–water partition coefficient (Wildman–Crippen LogP) is 4.28. The number of ether oxygens (including phenoxy) is 1. The lowest BCUT2D eigenvalue weighted by molar-refractivity contribution is -0.124. The summed E-state index contributed by atoms with van der Waals surface area (Å²) >= 11 is 5.81. The molecule has 0 aliphatic heterocycles. The number of hydrogen-bond donors (Lipinski definition) is 1. The lowest BCUT2D eigenvalue weighted by Gasteiger charge is -2.06. The van der Waals surface area contributed by atoms with E-state index in [1.165, 1.54) is 13.0 Å². The topological polar surface area (TPSA) is 85.6 Å². The summed E-state index contributed by atoms with van der Waals surface area (Å²) in [5.74, 6) is -0.756. The van der Waals surface area contributed by atoms with E-state index in [2.05, 4.69) is 5.32 Å². The van der Waals surface area contributed by atoms with Crippen molar-refractivity contribution in [1.82, 2.24) is 5.32 Å². The summed E-state index contributed by atoms with van der Waals surface area (Å²) in [5, 5.41) is 3.27. The summed E-state index contributed by atoms with van der Waals surface area (Å²) < 4.78 is 10.5. The van der Waals surface area contributed by atoms with E-state index in [1.54, 1.807) is 54.6 Å². The van der Waals surface area contributed by atoms with Crippen LogP contribution in [0.25, 0.3) is 11.3 Å². The van der Waals surface area contributed by atoms with Crippen LogP contribution in [0.5, 0.6) is 0 Å². The van der Waals surface area contributed by atoms with Crippen molar-refractivity contribution < 1.29 is 23.5 Å². The standard InChI is InChI=1S/C22H18ClNO5/c1-14(25)16-4-6-17(7-5-16)19-10-11-20(29-19)22(27)28-13-21(26)24-12-15-2-8-18(23)9-3-15/h2-11H,12-13H2,1H3,(H,24,26). The van der Waals surface area contributed by atoms with Gasteiger partial charge in [-0.1, -0.05) is 48.0 Å². The van der Waals surface area contributed by atoms with Gasteiger partial charge >= 0.3 is 5.97 Å². The molecule has 0 aliphatic rings. The molecule has 1 amide bonds. The van der Waals surface area contributed by atoms with Gasteiger partial charge in [0.2, 0.25) is 5.76 Å². The average Bonchev–Trinajstić information content (AvgIpc) is 3.22. The Kier molecular flexibility index (Phi) is 6.46. The number of furan rings is 1. The van der Waals surface area contributed by atoms with Gasteiger partial charge in [-0.05, 0) is 36.8 Å². The predicted molar refractivity (Wildman–Crippen MR) is 108 cm³/mol. The van der Waals surface area contributed by atoms with Crippen LogP contribution in [-0.4, -0.2) is 24.3 Å². The fourth-order valence-electron chi connectivity index (χ4n) is 2.53. The van der Waals surface area contributed by atoms with E-state index in [0.29, 0.717) is 22.9 Å². The number of ketones is 1. The first kappa shape index (κ1) is 20.4. The van der Waals surface area contributed by atoms with Gasteiger partial charge in [0.15, 0.2) is 12.4 Å². The molecular formula is C22H18ClNO5. The molecule has 0 saturated heterocycles. The van der Waals surface area contributed by atoms with Crippen molar-refractivity contribution in [2.45, 2.75) is 13.5 Å². The third-order valence-corrected chi connectivity index (χ3v) is 4.37. The fraction of sp³-hybridized carbons (Fsp3) is 0.136. The second-order valence-electron chi connectivity index (χ2n) is 6.28. The zero-order chi connectivity index (χ0) is 20.8. The quantitative estimate of drug-likeness (QED) is 0.463. The lowest BCUT2D eigenvalue weighted by Crippen LogP contribution is -2.28. The number of esters is 1. The molecule has 0 atom stereocenters. The molecule has 2 aromatic carbocycles. The molecule has 3 rings (SSSR count). The van der Waals surface area contributed by atoms with E-state index in [-0.39, 0.29) is 11.5 Å². The highest BCUT2D eigenvalue weighted by Crippen LogP contribution is 2.23. The van der Waals surface area contributed by atoms with Gasteiger partial charge in [-0.15, -0.1) is 0 Å². The molecule has 7 heteroatoms. The van der Waals surface area contributed by atoms with Crippen molar-refractivity contribution in [3.05, 3.63) is 82.6 Å². The van der Waals surface area contributed by atoms with E-state index < -0.39 is 18.5 Å². The Hall–Kier alpha value is -3.38. The monoisotopic (exact) mass is 411 g/mol. The molecule has 0 radical (unpaired) electrons. The van der Waals surface area contributed by atoms with E-state index in [0.717, 1.165) is 11.1 Å². The molecule has 6 nitrogen and oxygen atoms in total. The highest BCUT2D eigenvalue weighted by Gasteiger charge is 2.15. The first-order valence-corrected chi connectivity index (χ1v) is 9.19. The number of nitrogens with one attached hydrogen (secondary N) is 1. The third-order valence-electron chi connectivity index (χ3n) is 4.12. The zero-order valence-corrected chi connectivity index (χ0v) is 16.4. The molecule has 1 N–H and O–H groups in total. The van der Waals surface area contributed by atoms with Crippen LogP contribution in [0.15, 0.2) is 65.1 Å². The first-order valence-electron chi connectivity index (χ1n) is 8.82. The largest absolute Gasteiger partial charge is 0.450 e.